The third kappa shape index (κ3) is 5.15. The van der Waals surface area contributed by atoms with Crippen LogP contribution in [0.5, 0.6) is 5.75 Å². The Morgan fingerprint density at radius 3 is 2.32 bits per heavy atom. The number of amides is 3. The van der Waals surface area contributed by atoms with Crippen LogP contribution in [0.4, 0.5) is 5.69 Å². The van der Waals surface area contributed by atoms with E-state index in [1.54, 1.807) is 9.80 Å². The summed E-state index contributed by atoms with van der Waals surface area (Å²) >= 11 is 0. The van der Waals surface area contributed by atoms with Crippen LogP contribution in [-0.4, -0.2) is 88.8 Å². The molecule has 240 valence electrons. The van der Waals surface area contributed by atoms with Crippen molar-refractivity contribution >= 4 is 23.4 Å². The van der Waals surface area contributed by atoms with Crippen LogP contribution in [0.2, 0.25) is 0 Å². The van der Waals surface area contributed by atoms with Gasteiger partial charge in [-0.15, -0.1) is 0 Å². The number of rotatable bonds is 12. The highest BCUT2D eigenvalue weighted by Crippen LogP contribution is 2.59. The second-order valence-corrected chi connectivity index (χ2v) is 12.7. The number of likely N-dealkylation sites (tertiary alicyclic amines) is 1. The van der Waals surface area contributed by atoms with Gasteiger partial charge in [0.1, 0.15) is 17.4 Å². The van der Waals surface area contributed by atoms with E-state index in [0.717, 1.165) is 31.4 Å². The van der Waals surface area contributed by atoms with E-state index in [1.165, 1.54) is 0 Å². The zero-order chi connectivity index (χ0) is 31.6. The second kappa shape index (κ2) is 13.1. The molecule has 4 heterocycles. The van der Waals surface area contributed by atoms with Gasteiger partial charge < -0.3 is 29.3 Å². The molecule has 4 aliphatic rings. The summed E-state index contributed by atoms with van der Waals surface area (Å²) in [5.41, 5.74) is -1.69. The third-order valence-corrected chi connectivity index (χ3v) is 10.3. The first-order valence-electron chi connectivity index (χ1n) is 16.5. The molecule has 1 N–H and O–H groups in total. The van der Waals surface area contributed by atoms with Crippen molar-refractivity contribution in [3.63, 3.8) is 0 Å². The average molecular weight is 608 g/mol. The minimum Gasteiger partial charge on any atom is -0.494 e. The van der Waals surface area contributed by atoms with E-state index in [4.69, 9.17) is 9.47 Å². The summed E-state index contributed by atoms with van der Waals surface area (Å²) in [6, 6.07) is 5.86. The number of hydrogen-bond acceptors (Lipinski definition) is 6. The summed E-state index contributed by atoms with van der Waals surface area (Å²) in [4.78, 5) is 49.3. The highest BCUT2D eigenvalue weighted by atomic mass is 16.5. The first-order valence-corrected chi connectivity index (χ1v) is 16.5. The number of fused-ring (bicyclic) bond motifs is 2. The number of unbranched alkanes of at least 4 members (excludes halogenated alkanes) is 2. The van der Waals surface area contributed by atoms with Crippen LogP contribution in [0.3, 0.4) is 0 Å². The standard InChI is InChI=1S/C35H49N3O6/c1-6-10-11-20-36-21-13-19-35-29(32(41)38(30(35)33(36)42)27(23-39)24(5)7-2)28-31(40)37(22-12-18-34(28,8-3)44-35)25-14-16-26(17-15-25)43-9-4/h12-19,24,27-30,39H,6-11,20-23H2,1-5H3/t24-,27-,28-,29-,30?,34+,35-/m0/s1. The number of aliphatic hydroxyl groups excluding tert-OH is 1. The van der Waals surface area contributed by atoms with Gasteiger partial charge in [-0.2, -0.15) is 0 Å². The number of aliphatic hydroxyl groups is 1. The molecule has 1 unspecified atom stereocenters. The molecule has 0 saturated carbocycles. The van der Waals surface area contributed by atoms with Gasteiger partial charge in [-0.25, -0.2) is 0 Å². The molecular formula is C35H49N3O6. The Bertz CT molecular complexity index is 1280. The summed E-state index contributed by atoms with van der Waals surface area (Å²) in [6.07, 6.45) is 11.8. The van der Waals surface area contributed by atoms with Gasteiger partial charge in [-0.3, -0.25) is 14.4 Å². The van der Waals surface area contributed by atoms with Crippen LogP contribution in [0.25, 0.3) is 0 Å². The summed E-state index contributed by atoms with van der Waals surface area (Å²) in [5.74, 6) is -1.78. The average Bonchev–Trinajstić information content (AvgIpc) is 3.32. The number of ether oxygens (including phenoxy) is 2. The van der Waals surface area contributed by atoms with Gasteiger partial charge in [0.25, 0.3) is 0 Å². The van der Waals surface area contributed by atoms with Crippen LogP contribution in [-0.2, 0) is 19.1 Å². The first kappa shape index (κ1) is 32.2. The Balaban J connectivity index is 1.62. The second-order valence-electron chi connectivity index (χ2n) is 12.7. The molecule has 9 nitrogen and oxygen atoms in total. The first-order chi connectivity index (χ1) is 21.2. The van der Waals surface area contributed by atoms with Crippen molar-refractivity contribution in [2.75, 3.05) is 37.7 Å². The number of hydrogen-bond donors (Lipinski definition) is 1. The lowest BCUT2D eigenvalue weighted by Crippen LogP contribution is -2.60. The molecule has 5 rings (SSSR count). The molecule has 2 saturated heterocycles. The summed E-state index contributed by atoms with van der Waals surface area (Å²) in [6.45, 7) is 11.6. The number of carbonyl (C=O) groups excluding carboxylic acids is 3. The highest BCUT2D eigenvalue weighted by molar-refractivity contribution is 6.04. The molecule has 1 aromatic carbocycles. The summed E-state index contributed by atoms with van der Waals surface area (Å²) in [5, 5.41) is 10.7. The van der Waals surface area contributed by atoms with Crippen LogP contribution in [0.1, 0.15) is 66.7 Å². The number of nitrogens with zero attached hydrogens (tertiary/aromatic N) is 3. The molecule has 44 heavy (non-hydrogen) atoms. The summed E-state index contributed by atoms with van der Waals surface area (Å²) < 4.78 is 12.7. The predicted molar refractivity (Wildman–Crippen MR) is 169 cm³/mol. The van der Waals surface area contributed by atoms with Gasteiger partial charge in [-0.05, 0) is 49.9 Å². The van der Waals surface area contributed by atoms with E-state index in [2.05, 4.69) is 6.92 Å². The Morgan fingerprint density at radius 1 is 0.955 bits per heavy atom. The molecule has 9 heteroatoms. The predicted octanol–water partition coefficient (Wildman–Crippen LogP) is 4.34. The lowest BCUT2D eigenvalue weighted by Gasteiger charge is -2.42. The molecule has 7 atom stereocenters. The van der Waals surface area contributed by atoms with E-state index in [-0.39, 0.29) is 30.2 Å². The van der Waals surface area contributed by atoms with Crippen molar-refractivity contribution in [3.8, 4) is 5.75 Å². The summed E-state index contributed by atoms with van der Waals surface area (Å²) in [7, 11) is 0. The molecule has 4 aliphatic heterocycles. The van der Waals surface area contributed by atoms with Crippen molar-refractivity contribution in [2.45, 2.75) is 90.0 Å². The molecule has 1 spiro atoms. The van der Waals surface area contributed by atoms with Crippen molar-refractivity contribution < 1.29 is 29.0 Å². The van der Waals surface area contributed by atoms with E-state index in [1.807, 2.05) is 81.2 Å². The largest absolute Gasteiger partial charge is 0.494 e. The van der Waals surface area contributed by atoms with E-state index < -0.39 is 35.1 Å². The molecular weight excluding hydrogens is 558 g/mol. The maximum Gasteiger partial charge on any atom is 0.249 e. The molecule has 2 fully saturated rings. The molecule has 0 aromatic heterocycles. The third-order valence-electron chi connectivity index (χ3n) is 10.3. The minimum atomic E-state index is -1.34. The fourth-order valence-electron chi connectivity index (χ4n) is 7.79. The highest BCUT2D eigenvalue weighted by Gasteiger charge is 2.76. The molecule has 0 bridgehead atoms. The fraction of sp³-hybridized carbons (Fsp3) is 0.629. The van der Waals surface area contributed by atoms with Gasteiger partial charge in [-0.1, -0.05) is 71.3 Å². The number of benzene rings is 1. The van der Waals surface area contributed by atoms with Gasteiger partial charge in [0.05, 0.1) is 36.7 Å². The lowest BCUT2D eigenvalue weighted by molar-refractivity contribution is -0.156. The van der Waals surface area contributed by atoms with E-state index in [0.29, 0.717) is 38.3 Å². The Morgan fingerprint density at radius 2 is 1.68 bits per heavy atom. The molecule has 3 amide bonds. The SMILES string of the molecule is CCCCCN1CC=C[C@]23O[C@]4(CC)C=CCN(c5ccc(OCC)cc5)C(=O)[C@@H]4[C@H]2C(=O)N([C@@H](CO)[C@@H](C)CC)C3C1=O. The quantitative estimate of drug-likeness (QED) is 0.280. The topological polar surface area (TPSA) is 99.6 Å². The van der Waals surface area contributed by atoms with Gasteiger partial charge >= 0.3 is 0 Å². The maximum absolute atomic E-state index is 14.8. The minimum absolute atomic E-state index is 0.0607. The smallest absolute Gasteiger partial charge is 0.249 e. The Labute approximate surface area is 261 Å². The normalized spacial score (nSPS) is 31.0. The number of carbonyl (C=O) groups is 3. The maximum atomic E-state index is 14.8. The van der Waals surface area contributed by atoms with Gasteiger partial charge in [0.15, 0.2) is 0 Å². The van der Waals surface area contributed by atoms with Crippen LogP contribution in [0.15, 0.2) is 48.6 Å². The number of anilines is 1. The zero-order valence-electron chi connectivity index (χ0n) is 26.9. The molecule has 0 radical (unpaired) electrons. The fourth-order valence-corrected chi connectivity index (χ4v) is 7.79. The van der Waals surface area contributed by atoms with Crippen molar-refractivity contribution in [1.82, 2.24) is 9.80 Å². The van der Waals surface area contributed by atoms with Gasteiger partial charge in [0, 0.05) is 25.3 Å². The monoisotopic (exact) mass is 607 g/mol. The van der Waals surface area contributed by atoms with Crippen molar-refractivity contribution in [1.29, 1.82) is 0 Å². The Hall–Kier alpha value is -3.17. The van der Waals surface area contributed by atoms with E-state index in [9.17, 15) is 19.5 Å². The van der Waals surface area contributed by atoms with Crippen LogP contribution in [0, 0.1) is 17.8 Å². The molecule has 1 aromatic rings. The van der Waals surface area contributed by atoms with E-state index >= 15 is 0 Å². The van der Waals surface area contributed by atoms with Crippen molar-refractivity contribution in [2.24, 2.45) is 17.8 Å². The van der Waals surface area contributed by atoms with Crippen LogP contribution < -0.4 is 9.64 Å². The van der Waals surface area contributed by atoms with Crippen LogP contribution >= 0.6 is 0 Å². The molecule has 0 aliphatic carbocycles. The Kier molecular flexibility index (Phi) is 9.56. The van der Waals surface area contributed by atoms with Gasteiger partial charge in [0.2, 0.25) is 17.7 Å². The lowest BCUT2D eigenvalue weighted by atomic mass is 9.73. The zero-order valence-corrected chi connectivity index (χ0v) is 26.9. The van der Waals surface area contributed by atoms with Crippen molar-refractivity contribution in [3.05, 3.63) is 48.6 Å².